The fourth-order valence-electron chi connectivity index (χ4n) is 2.38. The first kappa shape index (κ1) is 20.6. The summed E-state index contributed by atoms with van der Waals surface area (Å²) in [6.45, 7) is 6.33. The molecule has 146 valence electrons. The second-order valence-electron chi connectivity index (χ2n) is 6.31. The number of amides is 2. The Hall–Kier alpha value is -2.74. The number of hydrogen-bond acceptors (Lipinski definition) is 5. The molecule has 2 atom stereocenters. The number of rotatable bonds is 8. The number of carbonyl (C=O) groups excluding carboxylic acids is 1. The minimum absolute atomic E-state index is 0.00142. The molecular formula is C19H26FN5O2. The van der Waals surface area contributed by atoms with Gasteiger partial charge in [-0.25, -0.2) is 19.1 Å². The smallest absolute Gasteiger partial charge is 0.327 e. The molecule has 0 aliphatic heterocycles. The van der Waals surface area contributed by atoms with Crippen LogP contribution < -0.4 is 15.5 Å². The predicted molar refractivity (Wildman–Crippen MR) is 104 cm³/mol. The molecule has 2 unspecified atom stereocenters. The summed E-state index contributed by atoms with van der Waals surface area (Å²) < 4.78 is 18.4. The summed E-state index contributed by atoms with van der Waals surface area (Å²) >= 11 is 0. The summed E-state index contributed by atoms with van der Waals surface area (Å²) in [4.78, 5) is 22.9. The van der Waals surface area contributed by atoms with E-state index in [1.54, 1.807) is 19.4 Å². The molecule has 2 amide bonds. The normalized spacial score (nSPS) is 12.9. The number of nitrogens with one attached hydrogen (secondary N) is 2. The minimum Gasteiger partial charge on any atom is -0.383 e. The Labute approximate surface area is 159 Å². The Morgan fingerprint density at radius 3 is 2.56 bits per heavy atom. The van der Waals surface area contributed by atoms with Gasteiger partial charge in [-0.1, -0.05) is 6.92 Å². The summed E-state index contributed by atoms with van der Waals surface area (Å²) in [5.41, 5.74) is 0.506. The number of benzene rings is 1. The van der Waals surface area contributed by atoms with Crippen molar-refractivity contribution in [1.29, 1.82) is 0 Å². The van der Waals surface area contributed by atoms with Gasteiger partial charge in [0.05, 0.1) is 12.3 Å². The van der Waals surface area contributed by atoms with E-state index in [1.165, 1.54) is 29.2 Å². The number of carbonyl (C=O) groups is 1. The Morgan fingerprint density at radius 2 is 1.93 bits per heavy atom. The molecule has 1 heterocycles. The first-order chi connectivity index (χ1) is 12.9. The van der Waals surface area contributed by atoms with Crippen molar-refractivity contribution in [3.63, 3.8) is 0 Å². The molecule has 0 fully saturated rings. The third-order valence-electron chi connectivity index (χ3n) is 3.93. The maximum Gasteiger partial charge on any atom is 0.327 e. The molecule has 7 nitrogen and oxygen atoms in total. The van der Waals surface area contributed by atoms with Crippen molar-refractivity contribution < 1.29 is 13.9 Å². The van der Waals surface area contributed by atoms with Crippen LogP contribution in [-0.2, 0) is 4.74 Å². The quantitative estimate of drug-likeness (QED) is 0.735. The van der Waals surface area contributed by atoms with Gasteiger partial charge in [-0.2, -0.15) is 4.98 Å². The van der Waals surface area contributed by atoms with Gasteiger partial charge in [0, 0.05) is 31.5 Å². The van der Waals surface area contributed by atoms with Crippen LogP contribution in [0.15, 0.2) is 36.5 Å². The van der Waals surface area contributed by atoms with Crippen LogP contribution in [0.4, 0.5) is 26.6 Å². The zero-order chi connectivity index (χ0) is 19.8. The van der Waals surface area contributed by atoms with Gasteiger partial charge >= 0.3 is 6.03 Å². The molecule has 0 spiro atoms. The molecule has 8 heteroatoms. The van der Waals surface area contributed by atoms with Crippen LogP contribution in [0.1, 0.15) is 27.2 Å². The molecule has 2 aromatic rings. The minimum atomic E-state index is -0.375. The molecule has 1 aromatic heterocycles. The maximum absolute atomic E-state index is 13.3. The number of halogens is 1. The Kier molecular flexibility index (Phi) is 7.48. The predicted octanol–water partition coefficient (Wildman–Crippen LogP) is 3.71. The van der Waals surface area contributed by atoms with E-state index in [1.807, 2.05) is 20.8 Å². The Balaban J connectivity index is 2.35. The number of hydrogen-bond donors (Lipinski definition) is 2. The fraction of sp³-hybridized carbons (Fsp3) is 0.421. The molecule has 0 bridgehead atoms. The fourth-order valence-corrected chi connectivity index (χ4v) is 2.38. The van der Waals surface area contributed by atoms with Crippen LogP contribution in [0.5, 0.6) is 0 Å². The first-order valence-corrected chi connectivity index (χ1v) is 8.89. The topological polar surface area (TPSA) is 79.4 Å². The van der Waals surface area contributed by atoms with Gasteiger partial charge in [0.1, 0.15) is 11.6 Å². The van der Waals surface area contributed by atoms with E-state index in [2.05, 4.69) is 20.6 Å². The average molecular weight is 375 g/mol. The molecule has 0 radical (unpaired) electrons. The van der Waals surface area contributed by atoms with Crippen LogP contribution >= 0.6 is 0 Å². The lowest BCUT2D eigenvalue weighted by atomic mass is 10.2. The van der Waals surface area contributed by atoms with Crippen molar-refractivity contribution in [2.75, 3.05) is 23.9 Å². The molecule has 1 aromatic carbocycles. The molecule has 0 saturated heterocycles. The van der Waals surface area contributed by atoms with Crippen molar-refractivity contribution >= 4 is 23.5 Å². The van der Waals surface area contributed by atoms with Gasteiger partial charge in [0.15, 0.2) is 0 Å². The lowest BCUT2D eigenvalue weighted by molar-refractivity contribution is 0.190. The van der Waals surface area contributed by atoms with Crippen molar-refractivity contribution in [1.82, 2.24) is 15.3 Å². The van der Waals surface area contributed by atoms with E-state index < -0.39 is 0 Å². The third kappa shape index (κ3) is 5.89. The highest BCUT2D eigenvalue weighted by molar-refractivity contribution is 5.98. The van der Waals surface area contributed by atoms with Crippen LogP contribution in [0, 0.1) is 5.82 Å². The monoisotopic (exact) mass is 375 g/mol. The van der Waals surface area contributed by atoms with Crippen molar-refractivity contribution in [3.05, 3.63) is 42.3 Å². The summed E-state index contributed by atoms with van der Waals surface area (Å²) in [6, 6.07) is 6.96. The SMILES string of the molecule is CCC(C)NC(=O)N(c1ccc(F)cc1)c1ccnc(NC(C)COC)n1. The van der Waals surface area contributed by atoms with E-state index in [-0.39, 0.29) is 23.9 Å². The third-order valence-corrected chi connectivity index (χ3v) is 3.93. The van der Waals surface area contributed by atoms with Crippen LogP contribution in [0.2, 0.25) is 0 Å². The summed E-state index contributed by atoms with van der Waals surface area (Å²) in [7, 11) is 1.62. The van der Waals surface area contributed by atoms with Crippen LogP contribution in [-0.4, -0.2) is 41.8 Å². The van der Waals surface area contributed by atoms with Crippen molar-refractivity contribution in [2.24, 2.45) is 0 Å². The zero-order valence-electron chi connectivity index (χ0n) is 16.1. The zero-order valence-corrected chi connectivity index (χ0v) is 16.1. The maximum atomic E-state index is 13.3. The van der Waals surface area contributed by atoms with E-state index >= 15 is 0 Å². The lowest BCUT2D eigenvalue weighted by Gasteiger charge is -2.24. The number of methoxy groups -OCH3 is 1. The second-order valence-corrected chi connectivity index (χ2v) is 6.31. The highest BCUT2D eigenvalue weighted by Gasteiger charge is 2.21. The van der Waals surface area contributed by atoms with E-state index in [0.29, 0.717) is 24.1 Å². The van der Waals surface area contributed by atoms with E-state index in [4.69, 9.17) is 4.74 Å². The summed E-state index contributed by atoms with van der Waals surface area (Å²) in [5.74, 6) is 0.379. The van der Waals surface area contributed by atoms with Gasteiger partial charge in [-0.3, -0.25) is 0 Å². The van der Waals surface area contributed by atoms with Gasteiger partial charge in [0.25, 0.3) is 0 Å². The van der Waals surface area contributed by atoms with E-state index in [0.717, 1.165) is 6.42 Å². The standard InChI is InChI=1S/C19H26FN5O2/c1-5-13(2)23-19(26)25(16-8-6-15(20)7-9-16)17-10-11-21-18(24-17)22-14(3)12-27-4/h6-11,13-14H,5,12H2,1-4H3,(H,23,26)(H,21,22,24). The second kappa shape index (κ2) is 9.82. The summed E-state index contributed by atoms with van der Waals surface area (Å²) in [5, 5.41) is 6.04. The molecule has 2 N–H and O–H groups in total. The number of urea groups is 1. The van der Waals surface area contributed by atoms with Crippen molar-refractivity contribution in [2.45, 2.75) is 39.3 Å². The average Bonchev–Trinajstić information content (AvgIpc) is 2.64. The Morgan fingerprint density at radius 1 is 1.22 bits per heavy atom. The number of anilines is 3. The number of nitrogens with zero attached hydrogens (tertiary/aromatic N) is 3. The number of ether oxygens (including phenoxy) is 1. The summed E-state index contributed by atoms with van der Waals surface area (Å²) in [6.07, 6.45) is 2.35. The van der Waals surface area contributed by atoms with Crippen LogP contribution in [0.25, 0.3) is 0 Å². The first-order valence-electron chi connectivity index (χ1n) is 8.89. The molecule has 27 heavy (non-hydrogen) atoms. The van der Waals surface area contributed by atoms with Crippen molar-refractivity contribution in [3.8, 4) is 0 Å². The Bertz CT molecular complexity index is 741. The van der Waals surface area contributed by atoms with Gasteiger partial charge in [0.2, 0.25) is 5.95 Å². The molecular weight excluding hydrogens is 349 g/mol. The van der Waals surface area contributed by atoms with Gasteiger partial charge < -0.3 is 15.4 Å². The largest absolute Gasteiger partial charge is 0.383 e. The van der Waals surface area contributed by atoms with Crippen LogP contribution in [0.3, 0.4) is 0 Å². The molecule has 0 aliphatic rings. The molecule has 0 saturated carbocycles. The highest BCUT2D eigenvalue weighted by atomic mass is 19.1. The van der Waals surface area contributed by atoms with Gasteiger partial charge in [-0.05, 0) is 44.5 Å². The van der Waals surface area contributed by atoms with E-state index in [9.17, 15) is 9.18 Å². The lowest BCUT2D eigenvalue weighted by Crippen LogP contribution is -2.41. The molecule has 0 aliphatic carbocycles. The number of aromatic nitrogens is 2. The molecule has 2 rings (SSSR count). The van der Waals surface area contributed by atoms with Gasteiger partial charge in [-0.15, -0.1) is 0 Å². The highest BCUT2D eigenvalue weighted by Crippen LogP contribution is 2.25.